The van der Waals surface area contributed by atoms with Crippen LogP contribution in [0.3, 0.4) is 0 Å². The van der Waals surface area contributed by atoms with E-state index in [1.54, 1.807) is 30.3 Å². The molecule has 0 spiro atoms. The Labute approximate surface area is 189 Å². The number of anilines is 1. The highest BCUT2D eigenvalue weighted by Crippen LogP contribution is 2.28. The van der Waals surface area contributed by atoms with Crippen LogP contribution in [0, 0.1) is 6.92 Å². The van der Waals surface area contributed by atoms with Gasteiger partial charge in [0.2, 0.25) is 15.9 Å². The molecule has 0 aromatic heterocycles. The fourth-order valence-electron chi connectivity index (χ4n) is 4.15. The van der Waals surface area contributed by atoms with E-state index in [9.17, 15) is 13.2 Å². The van der Waals surface area contributed by atoms with Crippen LogP contribution in [0.25, 0.3) is 0 Å². The van der Waals surface area contributed by atoms with Crippen molar-refractivity contribution in [1.82, 2.24) is 9.21 Å². The lowest BCUT2D eigenvalue weighted by Gasteiger charge is -2.26. The number of benzene rings is 2. The first-order valence-electron chi connectivity index (χ1n) is 10.7. The fourth-order valence-corrected chi connectivity index (χ4v) is 6.81. The van der Waals surface area contributed by atoms with E-state index in [1.807, 2.05) is 30.8 Å². The van der Waals surface area contributed by atoms with E-state index in [2.05, 4.69) is 16.3 Å². The third-order valence-corrected chi connectivity index (χ3v) is 8.79. The molecular formula is C23H29N3O3S2. The van der Waals surface area contributed by atoms with Gasteiger partial charge in [-0.1, -0.05) is 30.3 Å². The number of nitrogens with zero attached hydrogens (tertiary/aromatic N) is 2. The van der Waals surface area contributed by atoms with Crippen molar-refractivity contribution in [3.05, 3.63) is 59.7 Å². The minimum absolute atomic E-state index is 0.229. The van der Waals surface area contributed by atoms with Gasteiger partial charge in [-0.05, 0) is 49.1 Å². The van der Waals surface area contributed by atoms with Gasteiger partial charge in [0.25, 0.3) is 0 Å². The van der Waals surface area contributed by atoms with Crippen LogP contribution in [-0.2, 0) is 21.4 Å². The van der Waals surface area contributed by atoms with Crippen LogP contribution in [0.2, 0.25) is 0 Å². The van der Waals surface area contributed by atoms with Crippen molar-refractivity contribution in [2.45, 2.75) is 37.2 Å². The van der Waals surface area contributed by atoms with Gasteiger partial charge in [0.05, 0.1) is 4.90 Å². The van der Waals surface area contributed by atoms with Gasteiger partial charge < -0.3 is 5.32 Å². The lowest BCUT2D eigenvalue weighted by atomic mass is 10.1. The van der Waals surface area contributed by atoms with Crippen LogP contribution in [0.4, 0.5) is 5.69 Å². The average Bonchev–Trinajstić information content (AvgIpc) is 3.29. The summed E-state index contributed by atoms with van der Waals surface area (Å²) >= 11 is 1.99. The van der Waals surface area contributed by atoms with Gasteiger partial charge in [-0.25, -0.2) is 8.42 Å². The van der Waals surface area contributed by atoms with Crippen LogP contribution in [0.15, 0.2) is 53.4 Å². The van der Waals surface area contributed by atoms with Crippen molar-refractivity contribution >= 4 is 33.4 Å². The Balaban J connectivity index is 1.49. The van der Waals surface area contributed by atoms with Gasteiger partial charge in [0.1, 0.15) is 6.04 Å². The highest BCUT2D eigenvalue weighted by molar-refractivity contribution is 7.99. The van der Waals surface area contributed by atoms with Crippen molar-refractivity contribution in [3.8, 4) is 0 Å². The summed E-state index contributed by atoms with van der Waals surface area (Å²) in [5, 5.41) is 3.02. The van der Waals surface area contributed by atoms with Crippen molar-refractivity contribution in [2.75, 3.05) is 36.5 Å². The van der Waals surface area contributed by atoms with Crippen molar-refractivity contribution in [1.29, 1.82) is 0 Å². The number of amides is 1. The number of rotatable bonds is 6. The molecule has 31 heavy (non-hydrogen) atoms. The number of hydrogen-bond acceptors (Lipinski definition) is 5. The Morgan fingerprint density at radius 3 is 2.58 bits per heavy atom. The summed E-state index contributed by atoms with van der Waals surface area (Å²) in [6.07, 6.45) is 1.21. The Morgan fingerprint density at radius 1 is 1.10 bits per heavy atom. The van der Waals surface area contributed by atoms with E-state index in [-0.39, 0.29) is 10.8 Å². The van der Waals surface area contributed by atoms with Crippen LogP contribution in [-0.4, -0.2) is 60.7 Å². The molecule has 0 aliphatic carbocycles. The summed E-state index contributed by atoms with van der Waals surface area (Å²) in [7, 11) is -3.70. The summed E-state index contributed by atoms with van der Waals surface area (Å²) < 4.78 is 27.5. The SMILES string of the molecule is Cc1ccc(CN2CCSCC2)cc1NC(=O)C1CCCN1S(=O)(=O)c1ccccc1. The van der Waals surface area contributed by atoms with Crippen molar-refractivity contribution in [3.63, 3.8) is 0 Å². The lowest BCUT2D eigenvalue weighted by Crippen LogP contribution is -2.43. The molecule has 2 fully saturated rings. The number of carbonyl (C=O) groups is 1. The summed E-state index contributed by atoms with van der Waals surface area (Å²) in [6.45, 7) is 5.34. The third kappa shape index (κ3) is 5.14. The van der Waals surface area contributed by atoms with Crippen LogP contribution >= 0.6 is 11.8 Å². The molecule has 0 bridgehead atoms. The van der Waals surface area contributed by atoms with Gasteiger partial charge in [0.15, 0.2) is 0 Å². The van der Waals surface area contributed by atoms with Crippen LogP contribution in [0.5, 0.6) is 0 Å². The molecule has 1 amide bonds. The zero-order valence-corrected chi connectivity index (χ0v) is 19.4. The van der Waals surface area contributed by atoms with E-state index in [1.165, 1.54) is 4.31 Å². The fraction of sp³-hybridized carbons (Fsp3) is 0.435. The van der Waals surface area contributed by atoms with Gasteiger partial charge in [-0.15, -0.1) is 0 Å². The Morgan fingerprint density at radius 2 is 1.84 bits per heavy atom. The van der Waals surface area contributed by atoms with E-state index >= 15 is 0 Å². The molecule has 4 rings (SSSR count). The molecule has 2 aromatic carbocycles. The molecule has 2 saturated heterocycles. The van der Waals surface area contributed by atoms with Crippen LogP contribution in [0.1, 0.15) is 24.0 Å². The second-order valence-corrected chi connectivity index (χ2v) is 11.2. The predicted octanol–water partition coefficient (Wildman–Crippen LogP) is 3.34. The highest BCUT2D eigenvalue weighted by atomic mass is 32.2. The lowest BCUT2D eigenvalue weighted by molar-refractivity contribution is -0.119. The van der Waals surface area contributed by atoms with E-state index in [0.29, 0.717) is 19.4 Å². The molecule has 0 radical (unpaired) electrons. The highest BCUT2D eigenvalue weighted by Gasteiger charge is 2.39. The smallest absolute Gasteiger partial charge is 0.243 e. The predicted molar refractivity (Wildman–Crippen MR) is 126 cm³/mol. The maximum Gasteiger partial charge on any atom is 0.243 e. The number of thioether (sulfide) groups is 1. The molecule has 1 N–H and O–H groups in total. The maximum atomic E-state index is 13.1. The maximum absolute atomic E-state index is 13.1. The quantitative estimate of drug-likeness (QED) is 0.718. The molecule has 1 atom stereocenters. The summed E-state index contributed by atoms with van der Waals surface area (Å²) in [5.41, 5.74) is 2.90. The summed E-state index contributed by atoms with van der Waals surface area (Å²) in [6, 6.07) is 13.8. The standard InChI is InChI=1S/C23H29N3O3S2/c1-18-9-10-19(17-25-12-14-30-15-13-25)16-21(18)24-23(27)22-8-5-11-26(22)31(28,29)20-6-3-2-4-7-20/h2-4,6-7,9-10,16,22H,5,8,11-15,17H2,1H3,(H,24,27). The number of carbonyl (C=O) groups excluding carboxylic acids is 1. The second-order valence-electron chi connectivity index (χ2n) is 8.11. The van der Waals surface area contributed by atoms with Gasteiger partial charge >= 0.3 is 0 Å². The Hall–Kier alpha value is -1.87. The minimum atomic E-state index is -3.70. The number of sulfonamides is 1. The molecule has 2 aromatic rings. The number of hydrogen-bond donors (Lipinski definition) is 1. The molecule has 6 nitrogen and oxygen atoms in total. The largest absolute Gasteiger partial charge is 0.324 e. The van der Waals surface area contributed by atoms with Gasteiger partial charge in [0, 0.05) is 43.4 Å². The first kappa shape index (κ1) is 22.3. The van der Waals surface area contributed by atoms with Crippen LogP contribution < -0.4 is 5.32 Å². The Bertz CT molecular complexity index is 1020. The molecule has 166 valence electrons. The Kier molecular flexibility index (Phi) is 7.01. The summed E-state index contributed by atoms with van der Waals surface area (Å²) in [5.74, 6) is 2.05. The minimum Gasteiger partial charge on any atom is -0.324 e. The second kappa shape index (κ2) is 9.73. The molecule has 0 saturated carbocycles. The van der Waals surface area contributed by atoms with Crippen molar-refractivity contribution < 1.29 is 13.2 Å². The molecular weight excluding hydrogens is 430 g/mol. The zero-order valence-electron chi connectivity index (χ0n) is 17.8. The molecule has 2 heterocycles. The van der Waals surface area contributed by atoms with Gasteiger partial charge in [-0.2, -0.15) is 16.1 Å². The first-order valence-corrected chi connectivity index (χ1v) is 13.3. The van der Waals surface area contributed by atoms with E-state index in [4.69, 9.17) is 0 Å². The van der Waals surface area contributed by atoms with Gasteiger partial charge in [-0.3, -0.25) is 9.69 Å². The average molecular weight is 460 g/mol. The number of nitrogens with one attached hydrogen (secondary N) is 1. The van der Waals surface area contributed by atoms with E-state index < -0.39 is 16.1 Å². The normalized spacial score (nSPS) is 20.6. The molecule has 2 aliphatic rings. The first-order chi connectivity index (χ1) is 14.9. The van der Waals surface area contributed by atoms with E-state index in [0.717, 1.165) is 48.0 Å². The molecule has 8 heteroatoms. The summed E-state index contributed by atoms with van der Waals surface area (Å²) in [4.78, 5) is 15.8. The molecule has 1 unspecified atom stereocenters. The zero-order chi connectivity index (χ0) is 21.8. The number of aryl methyl sites for hydroxylation is 1. The third-order valence-electron chi connectivity index (χ3n) is 5.93. The topological polar surface area (TPSA) is 69.7 Å². The monoisotopic (exact) mass is 459 g/mol. The molecule has 2 aliphatic heterocycles. The van der Waals surface area contributed by atoms with Crippen molar-refractivity contribution in [2.24, 2.45) is 0 Å².